The van der Waals surface area contributed by atoms with E-state index < -0.39 is 18.4 Å². The molecule has 0 saturated heterocycles. The van der Waals surface area contributed by atoms with Gasteiger partial charge in [-0.05, 0) is 49.1 Å². The standard InChI is InChI=1S/C23H22F2N2O4/c1-2-3-11-27-21(29)16-10-9-15(13-17(16)22(27)30)20(28)26-12-5-7-14-6-4-8-18(19(14)26)31-23(24)25/h4,6,8-10,13,23H,2-3,5,7,11-12H2,1H3. The first-order chi connectivity index (χ1) is 14.9. The highest BCUT2D eigenvalue weighted by Crippen LogP contribution is 2.38. The number of alkyl halides is 2. The van der Waals surface area contributed by atoms with Gasteiger partial charge in [-0.15, -0.1) is 0 Å². The third-order valence-corrected chi connectivity index (χ3v) is 5.59. The molecule has 3 amide bonds. The van der Waals surface area contributed by atoms with Crippen molar-refractivity contribution in [1.29, 1.82) is 0 Å². The number of para-hydroxylation sites is 1. The van der Waals surface area contributed by atoms with Crippen LogP contribution in [0.1, 0.15) is 62.8 Å². The smallest absolute Gasteiger partial charge is 0.387 e. The fourth-order valence-corrected chi connectivity index (χ4v) is 4.11. The molecular formula is C23H22F2N2O4. The van der Waals surface area contributed by atoms with E-state index in [9.17, 15) is 23.2 Å². The molecule has 0 aromatic heterocycles. The highest BCUT2D eigenvalue weighted by atomic mass is 19.3. The van der Waals surface area contributed by atoms with Crippen LogP contribution >= 0.6 is 0 Å². The molecule has 31 heavy (non-hydrogen) atoms. The maximum absolute atomic E-state index is 13.3. The summed E-state index contributed by atoms with van der Waals surface area (Å²) in [5.74, 6) is -1.26. The van der Waals surface area contributed by atoms with Crippen LogP contribution in [0.5, 0.6) is 5.75 Å². The molecule has 0 unspecified atom stereocenters. The Labute approximate surface area is 178 Å². The molecule has 0 N–H and O–H groups in total. The van der Waals surface area contributed by atoms with Crippen LogP contribution in [0, 0.1) is 0 Å². The van der Waals surface area contributed by atoms with E-state index in [1.165, 1.54) is 34.1 Å². The molecule has 0 saturated carbocycles. The van der Waals surface area contributed by atoms with Crippen LogP contribution in [0.4, 0.5) is 14.5 Å². The molecule has 2 aliphatic heterocycles. The van der Waals surface area contributed by atoms with Crippen molar-refractivity contribution in [2.75, 3.05) is 18.0 Å². The van der Waals surface area contributed by atoms with E-state index in [0.29, 0.717) is 38.0 Å². The molecule has 0 bridgehead atoms. The second-order valence-electron chi connectivity index (χ2n) is 7.58. The molecule has 2 aromatic carbocycles. The van der Waals surface area contributed by atoms with Crippen molar-refractivity contribution in [3.05, 3.63) is 58.7 Å². The predicted octanol–water partition coefficient (Wildman–Crippen LogP) is 4.28. The van der Waals surface area contributed by atoms with Crippen molar-refractivity contribution in [2.45, 2.75) is 39.2 Å². The predicted molar refractivity (Wildman–Crippen MR) is 110 cm³/mol. The van der Waals surface area contributed by atoms with Gasteiger partial charge >= 0.3 is 6.61 Å². The number of hydrogen-bond donors (Lipinski definition) is 0. The number of nitrogens with zero attached hydrogens (tertiary/aromatic N) is 2. The average molecular weight is 428 g/mol. The zero-order valence-electron chi connectivity index (χ0n) is 17.1. The molecule has 162 valence electrons. The molecule has 4 rings (SSSR count). The zero-order valence-corrected chi connectivity index (χ0v) is 17.1. The van der Waals surface area contributed by atoms with Crippen LogP contribution in [-0.4, -0.2) is 42.3 Å². The van der Waals surface area contributed by atoms with Crippen LogP contribution < -0.4 is 9.64 Å². The lowest BCUT2D eigenvalue weighted by Gasteiger charge is -2.31. The number of aryl methyl sites for hydroxylation is 1. The SMILES string of the molecule is CCCCN1C(=O)c2ccc(C(=O)N3CCCc4cccc(OC(F)F)c43)cc2C1=O. The summed E-state index contributed by atoms with van der Waals surface area (Å²) in [4.78, 5) is 41.2. The Morgan fingerprint density at radius 3 is 2.65 bits per heavy atom. The van der Waals surface area contributed by atoms with E-state index in [1.807, 2.05) is 6.92 Å². The number of carbonyl (C=O) groups is 3. The number of unbranched alkanes of at least 4 members (excludes halogenated alkanes) is 1. The number of rotatable bonds is 6. The van der Waals surface area contributed by atoms with Gasteiger partial charge in [-0.1, -0.05) is 25.5 Å². The number of halogens is 2. The van der Waals surface area contributed by atoms with E-state index in [1.54, 1.807) is 12.1 Å². The quantitative estimate of drug-likeness (QED) is 0.645. The van der Waals surface area contributed by atoms with Gasteiger partial charge in [0, 0.05) is 18.7 Å². The molecule has 0 spiro atoms. The maximum atomic E-state index is 13.3. The van der Waals surface area contributed by atoms with Crippen molar-refractivity contribution in [2.24, 2.45) is 0 Å². The Kier molecular flexibility index (Phi) is 5.71. The number of benzene rings is 2. The first-order valence-electron chi connectivity index (χ1n) is 10.3. The third-order valence-electron chi connectivity index (χ3n) is 5.59. The largest absolute Gasteiger partial charge is 0.433 e. The zero-order chi connectivity index (χ0) is 22.1. The Morgan fingerprint density at radius 1 is 1.13 bits per heavy atom. The Bertz CT molecular complexity index is 1050. The van der Waals surface area contributed by atoms with Crippen molar-refractivity contribution in [1.82, 2.24) is 4.90 Å². The first kappa shape index (κ1) is 21.0. The number of ether oxygens (including phenoxy) is 1. The van der Waals surface area contributed by atoms with Crippen molar-refractivity contribution in [3.63, 3.8) is 0 Å². The minimum atomic E-state index is -3.01. The summed E-state index contributed by atoms with van der Waals surface area (Å²) in [5.41, 5.74) is 1.76. The number of imide groups is 1. The van der Waals surface area contributed by atoms with Gasteiger partial charge in [0.1, 0.15) is 5.75 Å². The Morgan fingerprint density at radius 2 is 1.90 bits per heavy atom. The molecule has 6 nitrogen and oxygen atoms in total. The molecule has 2 aromatic rings. The lowest BCUT2D eigenvalue weighted by Crippen LogP contribution is -2.36. The van der Waals surface area contributed by atoms with E-state index >= 15 is 0 Å². The van der Waals surface area contributed by atoms with E-state index in [2.05, 4.69) is 4.74 Å². The molecule has 2 aliphatic rings. The third kappa shape index (κ3) is 3.78. The lowest BCUT2D eigenvalue weighted by molar-refractivity contribution is -0.0496. The van der Waals surface area contributed by atoms with Crippen LogP contribution in [-0.2, 0) is 6.42 Å². The van der Waals surface area contributed by atoms with E-state index in [0.717, 1.165) is 12.0 Å². The van der Waals surface area contributed by atoms with Crippen LogP contribution in [0.2, 0.25) is 0 Å². The van der Waals surface area contributed by atoms with Crippen LogP contribution in [0.3, 0.4) is 0 Å². The highest BCUT2D eigenvalue weighted by molar-refractivity contribution is 6.22. The summed E-state index contributed by atoms with van der Waals surface area (Å²) in [6.45, 7) is -0.373. The van der Waals surface area contributed by atoms with Crippen LogP contribution in [0.25, 0.3) is 0 Å². The number of carbonyl (C=O) groups excluding carboxylic acids is 3. The second-order valence-corrected chi connectivity index (χ2v) is 7.58. The van der Waals surface area contributed by atoms with Gasteiger partial charge in [0.25, 0.3) is 17.7 Å². The molecule has 8 heteroatoms. The van der Waals surface area contributed by atoms with Gasteiger partial charge in [-0.2, -0.15) is 8.78 Å². The monoisotopic (exact) mass is 428 g/mol. The number of amides is 3. The minimum Gasteiger partial charge on any atom is -0.433 e. The second kappa shape index (κ2) is 8.45. The van der Waals surface area contributed by atoms with Crippen molar-refractivity contribution in [3.8, 4) is 5.75 Å². The fraction of sp³-hybridized carbons (Fsp3) is 0.348. The maximum Gasteiger partial charge on any atom is 0.387 e. The van der Waals surface area contributed by atoms with Gasteiger partial charge in [0.2, 0.25) is 0 Å². The number of hydrogen-bond acceptors (Lipinski definition) is 4. The molecule has 0 radical (unpaired) electrons. The van der Waals surface area contributed by atoms with Crippen molar-refractivity contribution >= 4 is 23.4 Å². The Balaban J connectivity index is 1.67. The van der Waals surface area contributed by atoms with E-state index in [4.69, 9.17) is 0 Å². The summed E-state index contributed by atoms with van der Waals surface area (Å²) >= 11 is 0. The van der Waals surface area contributed by atoms with Gasteiger partial charge in [-0.25, -0.2) is 0 Å². The van der Waals surface area contributed by atoms with Gasteiger partial charge < -0.3 is 9.64 Å². The highest BCUT2D eigenvalue weighted by Gasteiger charge is 2.36. The average Bonchev–Trinajstić information content (AvgIpc) is 3.00. The first-order valence-corrected chi connectivity index (χ1v) is 10.3. The molecule has 0 fully saturated rings. The van der Waals surface area contributed by atoms with E-state index in [-0.39, 0.29) is 28.3 Å². The van der Waals surface area contributed by atoms with Gasteiger partial charge in [0.05, 0.1) is 16.8 Å². The van der Waals surface area contributed by atoms with Crippen molar-refractivity contribution < 1.29 is 27.9 Å². The summed E-state index contributed by atoms with van der Waals surface area (Å²) in [6.07, 6.45) is 2.86. The fourth-order valence-electron chi connectivity index (χ4n) is 4.11. The minimum absolute atomic E-state index is 0.0568. The molecular weight excluding hydrogens is 406 g/mol. The molecule has 0 aliphatic carbocycles. The summed E-state index contributed by atoms with van der Waals surface area (Å²) < 4.78 is 30.4. The topological polar surface area (TPSA) is 66.9 Å². The lowest BCUT2D eigenvalue weighted by atomic mass is 9.99. The summed E-state index contributed by atoms with van der Waals surface area (Å²) in [6, 6.07) is 9.22. The molecule has 0 atom stereocenters. The Hall–Kier alpha value is -3.29. The molecule has 2 heterocycles. The normalized spacial score (nSPS) is 15.4. The van der Waals surface area contributed by atoms with Crippen LogP contribution in [0.15, 0.2) is 36.4 Å². The van der Waals surface area contributed by atoms with Gasteiger partial charge in [0.15, 0.2) is 0 Å². The summed E-state index contributed by atoms with van der Waals surface area (Å²) in [5, 5.41) is 0. The summed E-state index contributed by atoms with van der Waals surface area (Å²) in [7, 11) is 0. The number of fused-ring (bicyclic) bond motifs is 2. The van der Waals surface area contributed by atoms with Gasteiger partial charge in [-0.3, -0.25) is 19.3 Å². The number of anilines is 1.